The summed E-state index contributed by atoms with van der Waals surface area (Å²) in [6.07, 6.45) is 1.10. The molecule has 1 N–H and O–H groups in total. The molecule has 0 spiro atoms. The molecule has 0 saturated carbocycles. The molecule has 0 saturated heterocycles. The molecule has 0 bridgehead atoms. The van der Waals surface area contributed by atoms with E-state index in [2.05, 4.69) is 50.0 Å². The molecule has 0 aromatic heterocycles. The van der Waals surface area contributed by atoms with Crippen LogP contribution in [0, 0.1) is 0 Å². The molecule has 2 heteroatoms. The minimum absolute atomic E-state index is 0.964. The van der Waals surface area contributed by atoms with Crippen molar-refractivity contribution in [2.45, 2.75) is 31.7 Å². The third-order valence-electron chi connectivity index (χ3n) is 2.28. The smallest absolute Gasteiger partial charge is 0.0205 e. The van der Waals surface area contributed by atoms with Crippen molar-refractivity contribution in [3.05, 3.63) is 42.0 Å². The van der Waals surface area contributed by atoms with Crippen LogP contribution in [-0.2, 0) is 6.54 Å². The van der Waals surface area contributed by atoms with Gasteiger partial charge in [0.25, 0.3) is 0 Å². The van der Waals surface area contributed by atoms with Gasteiger partial charge >= 0.3 is 0 Å². The zero-order chi connectivity index (χ0) is 11.8. The molecule has 1 aromatic carbocycles. The van der Waals surface area contributed by atoms with Crippen molar-refractivity contribution >= 4 is 11.8 Å². The van der Waals surface area contributed by atoms with Crippen LogP contribution in [0.4, 0.5) is 0 Å². The monoisotopic (exact) mass is 235 g/mol. The van der Waals surface area contributed by atoms with Crippen molar-refractivity contribution in [1.82, 2.24) is 5.32 Å². The van der Waals surface area contributed by atoms with Gasteiger partial charge in [-0.1, -0.05) is 24.6 Å². The van der Waals surface area contributed by atoms with Crippen LogP contribution in [0.1, 0.15) is 25.8 Å². The van der Waals surface area contributed by atoms with E-state index in [0.29, 0.717) is 0 Å². The van der Waals surface area contributed by atoms with Gasteiger partial charge in [0.1, 0.15) is 0 Å². The highest BCUT2D eigenvalue weighted by Gasteiger charge is 1.97. The first kappa shape index (κ1) is 13.3. The first-order chi connectivity index (χ1) is 7.72. The van der Waals surface area contributed by atoms with Crippen LogP contribution < -0.4 is 5.32 Å². The van der Waals surface area contributed by atoms with Crippen LogP contribution in [0.5, 0.6) is 0 Å². The van der Waals surface area contributed by atoms with Crippen LogP contribution >= 0.6 is 11.8 Å². The lowest BCUT2D eigenvalue weighted by Crippen LogP contribution is -2.11. The van der Waals surface area contributed by atoms with Gasteiger partial charge in [-0.25, -0.2) is 0 Å². The highest BCUT2D eigenvalue weighted by molar-refractivity contribution is 7.99. The number of hydrogen-bond donors (Lipinski definition) is 1. The fourth-order valence-corrected chi connectivity index (χ4v) is 2.45. The Kier molecular flexibility index (Phi) is 6.27. The van der Waals surface area contributed by atoms with E-state index in [4.69, 9.17) is 0 Å². The van der Waals surface area contributed by atoms with Gasteiger partial charge < -0.3 is 5.32 Å². The van der Waals surface area contributed by atoms with Gasteiger partial charge in [0, 0.05) is 17.2 Å². The van der Waals surface area contributed by atoms with Gasteiger partial charge in [0.2, 0.25) is 0 Å². The molecule has 88 valence electrons. The van der Waals surface area contributed by atoms with E-state index in [1.54, 1.807) is 0 Å². The highest BCUT2D eigenvalue weighted by Crippen LogP contribution is 2.21. The molecule has 0 radical (unpaired) electrons. The summed E-state index contributed by atoms with van der Waals surface area (Å²) in [6.45, 7) is 10.1. The van der Waals surface area contributed by atoms with E-state index in [1.165, 1.54) is 16.0 Å². The largest absolute Gasteiger partial charge is 0.313 e. The lowest BCUT2D eigenvalue weighted by atomic mass is 10.2. The Hall–Kier alpha value is -0.730. The SMILES string of the molecule is C=C(C)CCSc1cccc(CNCC)c1. The molecule has 0 amide bonds. The fraction of sp³-hybridized carbons (Fsp3) is 0.429. The molecule has 1 rings (SSSR count). The molecule has 1 nitrogen and oxygen atoms in total. The van der Waals surface area contributed by atoms with Crippen molar-refractivity contribution in [1.29, 1.82) is 0 Å². The van der Waals surface area contributed by atoms with Crippen LogP contribution in [0.3, 0.4) is 0 Å². The second kappa shape index (κ2) is 7.53. The molecule has 0 unspecified atom stereocenters. The lowest BCUT2D eigenvalue weighted by Gasteiger charge is -2.05. The van der Waals surface area contributed by atoms with Crippen molar-refractivity contribution in [2.24, 2.45) is 0 Å². The summed E-state index contributed by atoms with van der Waals surface area (Å²) in [4.78, 5) is 1.36. The fourth-order valence-electron chi connectivity index (χ4n) is 1.36. The summed E-state index contributed by atoms with van der Waals surface area (Å²) in [6, 6.07) is 8.76. The van der Waals surface area contributed by atoms with Gasteiger partial charge in [0.15, 0.2) is 0 Å². The average Bonchev–Trinajstić information content (AvgIpc) is 2.26. The van der Waals surface area contributed by atoms with Gasteiger partial charge in [-0.2, -0.15) is 0 Å². The Bertz CT molecular complexity index is 333. The quantitative estimate of drug-likeness (QED) is 0.569. The summed E-state index contributed by atoms with van der Waals surface area (Å²) in [5.74, 6) is 1.12. The first-order valence-electron chi connectivity index (χ1n) is 5.79. The van der Waals surface area contributed by atoms with Crippen LogP contribution in [0.25, 0.3) is 0 Å². The van der Waals surface area contributed by atoms with Crippen molar-refractivity contribution in [3.8, 4) is 0 Å². The average molecular weight is 235 g/mol. The third kappa shape index (κ3) is 5.38. The minimum Gasteiger partial charge on any atom is -0.313 e. The van der Waals surface area contributed by atoms with Crippen LogP contribution in [0.15, 0.2) is 41.3 Å². The Balaban J connectivity index is 2.43. The molecule has 1 aromatic rings. The number of rotatable bonds is 7. The predicted octanol–water partition coefficient (Wildman–Crippen LogP) is 3.85. The van der Waals surface area contributed by atoms with Gasteiger partial charge in [-0.3, -0.25) is 0 Å². The Morgan fingerprint density at radius 1 is 1.44 bits per heavy atom. The number of benzene rings is 1. The van der Waals surface area contributed by atoms with E-state index < -0.39 is 0 Å². The molecule has 16 heavy (non-hydrogen) atoms. The molecule has 0 aliphatic heterocycles. The maximum Gasteiger partial charge on any atom is 0.0205 e. The zero-order valence-corrected chi connectivity index (χ0v) is 11.1. The van der Waals surface area contributed by atoms with Gasteiger partial charge in [-0.05, 0) is 37.6 Å². The van der Waals surface area contributed by atoms with E-state index in [-0.39, 0.29) is 0 Å². The maximum atomic E-state index is 3.92. The van der Waals surface area contributed by atoms with E-state index in [0.717, 1.165) is 25.3 Å². The molecule has 0 atom stereocenters. The number of hydrogen-bond acceptors (Lipinski definition) is 2. The lowest BCUT2D eigenvalue weighted by molar-refractivity contribution is 0.725. The molecule has 0 heterocycles. The second-order valence-electron chi connectivity index (χ2n) is 3.98. The van der Waals surface area contributed by atoms with Gasteiger partial charge in [-0.15, -0.1) is 18.3 Å². The van der Waals surface area contributed by atoms with E-state index in [1.807, 2.05) is 11.8 Å². The predicted molar refractivity (Wildman–Crippen MR) is 74.0 cm³/mol. The first-order valence-corrected chi connectivity index (χ1v) is 6.77. The van der Waals surface area contributed by atoms with Crippen molar-refractivity contribution < 1.29 is 0 Å². The third-order valence-corrected chi connectivity index (χ3v) is 3.27. The molecule has 0 fully saturated rings. The van der Waals surface area contributed by atoms with Crippen molar-refractivity contribution in [3.63, 3.8) is 0 Å². The number of nitrogens with one attached hydrogen (secondary N) is 1. The van der Waals surface area contributed by atoms with Crippen LogP contribution in [-0.4, -0.2) is 12.3 Å². The summed E-state index contributed by atoms with van der Waals surface area (Å²) < 4.78 is 0. The Labute approximate surface area is 103 Å². The van der Waals surface area contributed by atoms with Crippen molar-refractivity contribution in [2.75, 3.05) is 12.3 Å². The standard InChI is InChI=1S/C14H21NS/c1-4-15-11-13-6-5-7-14(10-13)16-9-8-12(2)3/h5-7,10,15H,2,4,8-9,11H2,1,3H3. The molecular formula is C14H21NS. The zero-order valence-electron chi connectivity index (χ0n) is 10.3. The minimum atomic E-state index is 0.964. The summed E-state index contributed by atoms with van der Waals surface area (Å²) in [5, 5.41) is 3.34. The summed E-state index contributed by atoms with van der Waals surface area (Å²) in [7, 11) is 0. The highest BCUT2D eigenvalue weighted by atomic mass is 32.2. The van der Waals surface area contributed by atoms with Gasteiger partial charge in [0.05, 0.1) is 0 Å². The number of thioether (sulfide) groups is 1. The Morgan fingerprint density at radius 3 is 2.94 bits per heavy atom. The maximum absolute atomic E-state index is 3.92. The normalized spacial score (nSPS) is 10.4. The van der Waals surface area contributed by atoms with Crippen LogP contribution in [0.2, 0.25) is 0 Å². The molecule has 0 aliphatic rings. The molecule has 0 aliphatic carbocycles. The Morgan fingerprint density at radius 2 is 2.25 bits per heavy atom. The molecular weight excluding hydrogens is 214 g/mol. The van der Waals surface area contributed by atoms with E-state index in [9.17, 15) is 0 Å². The summed E-state index contributed by atoms with van der Waals surface area (Å²) >= 11 is 1.91. The number of allylic oxidation sites excluding steroid dienone is 1. The summed E-state index contributed by atoms with van der Waals surface area (Å²) in [5.41, 5.74) is 2.62. The second-order valence-corrected chi connectivity index (χ2v) is 5.15. The van der Waals surface area contributed by atoms with E-state index >= 15 is 0 Å². The topological polar surface area (TPSA) is 12.0 Å².